The van der Waals surface area contributed by atoms with Gasteiger partial charge in [-0.05, 0) is 141 Å². The van der Waals surface area contributed by atoms with Crippen molar-refractivity contribution in [3.05, 3.63) is 85.1 Å². The van der Waals surface area contributed by atoms with E-state index in [-0.39, 0.29) is 25.7 Å². The molecule has 19 heteroatoms. The second kappa shape index (κ2) is 73.5. The Hall–Kier alpha value is -3.76. The molecule has 0 saturated carbocycles. The van der Waals surface area contributed by atoms with Crippen LogP contribution in [-0.4, -0.2) is 96.7 Å². The minimum atomic E-state index is -4.98. The summed E-state index contributed by atoms with van der Waals surface area (Å²) < 4.78 is 68.6. The van der Waals surface area contributed by atoms with Crippen LogP contribution in [0.3, 0.4) is 0 Å². The summed E-state index contributed by atoms with van der Waals surface area (Å²) in [5.41, 5.74) is 0. The second-order valence-corrected chi connectivity index (χ2v) is 29.6. The van der Waals surface area contributed by atoms with Crippen molar-refractivity contribution in [2.75, 3.05) is 39.6 Å². The summed E-state index contributed by atoms with van der Waals surface area (Å²) in [7, 11) is -9.96. The van der Waals surface area contributed by atoms with E-state index < -0.39 is 97.5 Å². The van der Waals surface area contributed by atoms with Crippen LogP contribution in [-0.2, 0) is 65.4 Å². The van der Waals surface area contributed by atoms with Crippen molar-refractivity contribution in [2.24, 2.45) is 0 Å². The molecule has 0 fully saturated rings. The topological polar surface area (TPSA) is 237 Å². The minimum absolute atomic E-state index is 0.0765. The minimum Gasteiger partial charge on any atom is -0.462 e. The van der Waals surface area contributed by atoms with Gasteiger partial charge in [0.2, 0.25) is 0 Å². The molecule has 0 aliphatic carbocycles. The molecule has 0 bridgehead atoms. The lowest BCUT2D eigenvalue weighted by Gasteiger charge is -2.21. The highest BCUT2D eigenvalue weighted by molar-refractivity contribution is 7.47. The molecule has 3 N–H and O–H groups in total. The lowest BCUT2D eigenvalue weighted by molar-refractivity contribution is -0.161. The van der Waals surface area contributed by atoms with E-state index in [0.29, 0.717) is 25.7 Å². The van der Waals surface area contributed by atoms with E-state index in [2.05, 4.69) is 113 Å². The summed E-state index contributed by atoms with van der Waals surface area (Å²) in [4.78, 5) is 73.0. The summed E-state index contributed by atoms with van der Waals surface area (Å²) in [6, 6.07) is 0. The molecule has 17 nitrogen and oxygen atoms in total. The molecule has 0 radical (unpaired) electrons. The molecule has 0 saturated heterocycles. The average molecular weight is 1450 g/mol. The Morgan fingerprint density at radius 1 is 0.290 bits per heavy atom. The van der Waals surface area contributed by atoms with Crippen molar-refractivity contribution in [3.63, 3.8) is 0 Å². The van der Waals surface area contributed by atoms with Gasteiger partial charge < -0.3 is 33.8 Å². The van der Waals surface area contributed by atoms with Gasteiger partial charge in [-0.1, -0.05) is 267 Å². The summed E-state index contributed by atoms with van der Waals surface area (Å²) >= 11 is 0. The second-order valence-electron chi connectivity index (χ2n) is 26.7. The van der Waals surface area contributed by atoms with Crippen molar-refractivity contribution in [3.8, 4) is 0 Å². The molecule has 0 heterocycles. The van der Waals surface area contributed by atoms with E-state index in [4.69, 9.17) is 37.0 Å². The summed E-state index contributed by atoms with van der Waals surface area (Å²) in [5.74, 6) is -2.21. The lowest BCUT2D eigenvalue weighted by Crippen LogP contribution is -2.30. The molecule has 0 aromatic carbocycles. The Morgan fingerprint density at radius 2 is 0.520 bits per heavy atom. The first-order chi connectivity index (χ1) is 48.7. The maximum Gasteiger partial charge on any atom is 0.472 e. The van der Waals surface area contributed by atoms with Crippen LogP contribution in [0.15, 0.2) is 85.1 Å². The third-order valence-corrected chi connectivity index (χ3v) is 18.7. The van der Waals surface area contributed by atoms with Crippen molar-refractivity contribution in [1.29, 1.82) is 0 Å². The molecule has 0 amide bonds. The predicted molar refractivity (Wildman–Crippen MR) is 409 cm³/mol. The molecule has 580 valence electrons. The molecule has 100 heavy (non-hydrogen) atoms. The van der Waals surface area contributed by atoms with E-state index >= 15 is 0 Å². The molecule has 0 spiro atoms. The Labute approximate surface area is 608 Å². The number of allylic oxidation sites excluding steroid dienone is 14. The maximum atomic E-state index is 13.1. The van der Waals surface area contributed by atoms with Crippen LogP contribution in [0.5, 0.6) is 0 Å². The van der Waals surface area contributed by atoms with E-state index in [1.54, 1.807) is 0 Å². The van der Waals surface area contributed by atoms with Crippen LogP contribution in [0.25, 0.3) is 0 Å². The molecule has 0 aliphatic rings. The van der Waals surface area contributed by atoms with Crippen LogP contribution in [0.2, 0.25) is 0 Å². The standard InChI is InChI=1S/C81H144O17P2/c1-5-9-13-17-21-25-29-33-37-41-45-49-53-57-61-65-78(83)91-71-76(97-80(85)67-63-59-55-51-47-43-39-35-31-27-23-19-15-11-7-3)73-95-99(87,88)93-69-75(82)70-94-100(89,90)96-74-77(98-81(86)68-64-60-56-52-48-44-40-36-32-28-24-20-16-12-8-4)72-92-79(84)66-62-58-54-50-46-42-38-34-30-26-22-18-14-10-6-2/h21,24-26,28,30,33-40,75-77,82H,5-20,22-23,27,29,31-32,41-74H2,1-4H3,(H,87,88)(H,89,90)/b25-21-,28-24-,30-26-,37-33-,38-34-,39-35-,40-36-/t75-,76-,77-/m1/s1. The van der Waals surface area contributed by atoms with Gasteiger partial charge >= 0.3 is 39.5 Å². The fraction of sp³-hybridized carbons (Fsp3) is 0.778. The number of aliphatic hydroxyl groups is 1. The fourth-order valence-electron chi connectivity index (χ4n) is 10.7. The third-order valence-electron chi connectivity index (χ3n) is 16.8. The number of carbonyl (C=O) groups excluding carboxylic acids is 4. The normalized spacial score (nSPS) is 14.3. The van der Waals surface area contributed by atoms with Crippen LogP contribution in [0, 0.1) is 0 Å². The van der Waals surface area contributed by atoms with E-state index in [1.165, 1.54) is 103 Å². The number of hydrogen-bond acceptors (Lipinski definition) is 15. The lowest BCUT2D eigenvalue weighted by atomic mass is 10.1. The number of rotatable bonds is 75. The zero-order valence-corrected chi connectivity index (χ0v) is 65.2. The van der Waals surface area contributed by atoms with Gasteiger partial charge in [0.25, 0.3) is 0 Å². The van der Waals surface area contributed by atoms with Gasteiger partial charge in [-0.25, -0.2) is 9.13 Å². The smallest absolute Gasteiger partial charge is 0.462 e. The van der Waals surface area contributed by atoms with Crippen molar-refractivity contribution in [2.45, 2.75) is 367 Å². The number of hydrogen-bond donors (Lipinski definition) is 3. The van der Waals surface area contributed by atoms with Gasteiger partial charge in [-0.15, -0.1) is 0 Å². The Kier molecular flexibility index (Phi) is 70.8. The van der Waals surface area contributed by atoms with Crippen LogP contribution in [0.1, 0.15) is 349 Å². The van der Waals surface area contributed by atoms with Gasteiger partial charge in [-0.3, -0.25) is 37.3 Å². The Balaban J connectivity index is 5.38. The highest BCUT2D eigenvalue weighted by atomic mass is 31.2. The summed E-state index contributed by atoms with van der Waals surface area (Å²) in [6.45, 7) is 4.78. The van der Waals surface area contributed by atoms with Gasteiger partial charge in [0.05, 0.1) is 26.4 Å². The Morgan fingerprint density at radius 3 is 0.840 bits per heavy atom. The number of ether oxygens (including phenoxy) is 4. The molecule has 0 rings (SSSR count). The molecule has 0 aliphatic heterocycles. The fourth-order valence-corrected chi connectivity index (χ4v) is 12.3. The SMILES string of the molecule is CCCCC/C=C\C/C=C\CCCCCCCC(=O)OC[C@H](COP(=O)(O)OC[C@@H](O)COP(=O)(O)OC[C@@H](COC(=O)CCCCCCC/C=C\C=C/CCCCCC)OC(=O)CCCCCCC/C=C\C/C=C\CCCCC)OC(=O)CCCCCCC/C=C\CCCCCCCC. The van der Waals surface area contributed by atoms with E-state index in [0.717, 1.165) is 167 Å². The van der Waals surface area contributed by atoms with Crippen LogP contribution < -0.4 is 0 Å². The average Bonchev–Trinajstić information content (AvgIpc) is 1.01. The highest BCUT2D eigenvalue weighted by Gasteiger charge is 2.30. The van der Waals surface area contributed by atoms with Gasteiger partial charge in [-0.2, -0.15) is 0 Å². The van der Waals surface area contributed by atoms with Crippen molar-refractivity contribution < 1.29 is 80.2 Å². The molecular formula is C81H144O17P2. The first kappa shape index (κ1) is 96.2. The number of phosphoric ester groups is 2. The Bertz CT molecular complexity index is 2230. The van der Waals surface area contributed by atoms with Gasteiger partial charge in [0.15, 0.2) is 12.2 Å². The molecule has 2 unspecified atom stereocenters. The number of aliphatic hydroxyl groups excluding tert-OH is 1. The first-order valence-electron chi connectivity index (χ1n) is 39.8. The summed E-state index contributed by atoms with van der Waals surface area (Å²) in [6.07, 6.45) is 75.5. The zero-order valence-electron chi connectivity index (χ0n) is 63.4. The van der Waals surface area contributed by atoms with Crippen LogP contribution in [0.4, 0.5) is 0 Å². The maximum absolute atomic E-state index is 13.1. The number of esters is 4. The number of carbonyl (C=O) groups is 4. The van der Waals surface area contributed by atoms with Gasteiger partial charge in [0.1, 0.15) is 19.3 Å². The van der Waals surface area contributed by atoms with Crippen molar-refractivity contribution >= 4 is 39.5 Å². The quantitative estimate of drug-likeness (QED) is 0.0128. The van der Waals surface area contributed by atoms with E-state index in [1.807, 2.05) is 0 Å². The third kappa shape index (κ3) is 72.6. The summed E-state index contributed by atoms with van der Waals surface area (Å²) in [5, 5.41) is 10.6. The number of unbranched alkanes of at least 4 members (excludes halogenated alkanes) is 36. The molecular weight excluding hydrogens is 1310 g/mol. The molecule has 0 aromatic rings. The largest absolute Gasteiger partial charge is 0.472 e. The number of phosphoric acid groups is 2. The van der Waals surface area contributed by atoms with Crippen LogP contribution >= 0.6 is 15.6 Å². The zero-order chi connectivity index (χ0) is 73.2. The molecule has 5 atom stereocenters. The van der Waals surface area contributed by atoms with E-state index in [9.17, 15) is 43.2 Å². The molecule has 0 aromatic heterocycles. The van der Waals surface area contributed by atoms with Crippen molar-refractivity contribution in [1.82, 2.24) is 0 Å². The first-order valence-corrected chi connectivity index (χ1v) is 42.8. The van der Waals surface area contributed by atoms with Gasteiger partial charge in [0, 0.05) is 25.7 Å². The highest BCUT2D eigenvalue weighted by Crippen LogP contribution is 2.45. The predicted octanol–water partition coefficient (Wildman–Crippen LogP) is 23.0. The monoisotopic (exact) mass is 1450 g/mol.